The summed E-state index contributed by atoms with van der Waals surface area (Å²) in [6.07, 6.45) is 6.58. The molecule has 0 saturated carbocycles. The molecule has 4 rings (SSSR count). The van der Waals surface area contributed by atoms with Crippen molar-refractivity contribution in [3.8, 4) is 0 Å². The summed E-state index contributed by atoms with van der Waals surface area (Å²) >= 11 is 0. The number of anilines is 1. The number of carbonyl (C=O) groups excluding carboxylic acids is 2. The molecule has 2 fully saturated rings. The van der Waals surface area contributed by atoms with E-state index in [1.165, 1.54) is 0 Å². The van der Waals surface area contributed by atoms with Crippen molar-refractivity contribution in [1.29, 1.82) is 0 Å². The molecule has 0 atom stereocenters. The molecule has 0 unspecified atom stereocenters. The van der Waals surface area contributed by atoms with Crippen molar-refractivity contribution in [3.63, 3.8) is 0 Å². The summed E-state index contributed by atoms with van der Waals surface area (Å²) in [4.78, 5) is 26.8. The summed E-state index contributed by atoms with van der Waals surface area (Å²) in [5.74, 6) is 0.189. The largest absolute Gasteiger partial charge is 0.338 e. The molecule has 0 aliphatic carbocycles. The highest BCUT2D eigenvalue weighted by Gasteiger charge is 2.42. The van der Waals surface area contributed by atoms with Crippen LogP contribution in [-0.2, 0) is 21.7 Å². The number of likely N-dealkylation sites (tertiary alicyclic amines) is 1. The van der Waals surface area contributed by atoms with Crippen molar-refractivity contribution in [2.45, 2.75) is 37.8 Å². The van der Waals surface area contributed by atoms with Gasteiger partial charge in [-0.05, 0) is 56.1 Å². The molecule has 2 aliphatic rings. The number of hydrogen-bond donors (Lipinski definition) is 2. The Bertz CT molecular complexity index is 801. The van der Waals surface area contributed by atoms with Gasteiger partial charge in [-0.15, -0.1) is 12.4 Å². The molecule has 8 heteroatoms. The van der Waals surface area contributed by atoms with E-state index in [1.54, 1.807) is 10.9 Å². The maximum absolute atomic E-state index is 13.1. The minimum Gasteiger partial charge on any atom is -0.338 e. The van der Waals surface area contributed by atoms with Crippen molar-refractivity contribution in [2.75, 3.05) is 25.0 Å². The van der Waals surface area contributed by atoms with E-state index < -0.39 is 5.54 Å². The van der Waals surface area contributed by atoms with Gasteiger partial charge < -0.3 is 15.5 Å². The highest BCUT2D eigenvalue weighted by Crippen LogP contribution is 2.29. The first-order chi connectivity index (χ1) is 13.2. The SMILES string of the molecule is Cl.O=C1CCCN1Cc1ccc(NC(=O)C2(n3cccn3)CCNCC2)cc1. The van der Waals surface area contributed by atoms with Gasteiger partial charge in [0.25, 0.3) is 5.91 Å². The van der Waals surface area contributed by atoms with E-state index in [4.69, 9.17) is 0 Å². The quantitative estimate of drug-likeness (QED) is 0.801. The standard InChI is InChI=1S/C20H25N5O2.ClH/c26-18-3-1-13-24(18)15-16-4-6-17(7-5-16)23-19(27)20(8-11-21-12-9-20)25-14-2-10-22-25;/h2,4-7,10,14,21H,1,3,8-9,11-13,15H2,(H,23,27);1H. The Labute approximate surface area is 170 Å². The van der Waals surface area contributed by atoms with E-state index in [2.05, 4.69) is 15.7 Å². The number of nitrogens with one attached hydrogen (secondary N) is 2. The fourth-order valence-corrected chi connectivity index (χ4v) is 3.96. The van der Waals surface area contributed by atoms with Gasteiger partial charge >= 0.3 is 0 Å². The van der Waals surface area contributed by atoms with Crippen LogP contribution in [0, 0.1) is 0 Å². The second-order valence-electron chi connectivity index (χ2n) is 7.30. The van der Waals surface area contributed by atoms with Crippen LogP contribution in [0.3, 0.4) is 0 Å². The van der Waals surface area contributed by atoms with Crippen LogP contribution in [0.25, 0.3) is 0 Å². The predicted octanol–water partition coefficient (Wildman–Crippen LogP) is 2.14. The summed E-state index contributed by atoms with van der Waals surface area (Å²) in [6, 6.07) is 9.62. The van der Waals surface area contributed by atoms with E-state index in [1.807, 2.05) is 41.4 Å². The van der Waals surface area contributed by atoms with Crippen LogP contribution in [0.15, 0.2) is 42.7 Å². The molecule has 28 heavy (non-hydrogen) atoms. The molecule has 2 aromatic rings. The Balaban J connectivity index is 0.00000225. The fourth-order valence-electron chi connectivity index (χ4n) is 3.96. The van der Waals surface area contributed by atoms with Crippen molar-refractivity contribution < 1.29 is 9.59 Å². The zero-order chi connectivity index (χ0) is 18.7. The Morgan fingerprint density at radius 3 is 2.57 bits per heavy atom. The van der Waals surface area contributed by atoms with E-state index in [0.717, 1.165) is 37.3 Å². The molecule has 1 aromatic heterocycles. The smallest absolute Gasteiger partial charge is 0.252 e. The highest BCUT2D eigenvalue weighted by molar-refractivity contribution is 5.96. The minimum absolute atomic E-state index is 0. The third-order valence-electron chi connectivity index (χ3n) is 5.55. The lowest BCUT2D eigenvalue weighted by atomic mass is 9.87. The zero-order valence-corrected chi connectivity index (χ0v) is 16.6. The first kappa shape index (κ1) is 20.4. The highest BCUT2D eigenvalue weighted by atomic mass is 35.5. The van der Waals surface area contributed by atoms with Crippen LogP contribution in [0.5, 0.6) is 0 Å². The molecule has 0 bridgehead atoms. The molecule has 0 spiro atoms. The lowest BCUT2D eigenvalue weighted by Gasteiger charge is -2.36. The molecule has 1 aromatic carbocycles. The minimum atomic E-state index is -0.657. The van der Waals surface area contributed by atoms with Crippen molar-refractivity contribution in [1.82, 2.24) is 20.0 Å². The molecule has 0 radical (unpaired) electrons. The normalized spacial score (nSPS) is 18.6. The molecule has 2 aliphatic heterocycles. The van der Waals surface area contributed by atoms with Gasteiger partial charge in [0.05, 0.1) is 0 Å². The monoisotopic (exact) mass is 403 g/mol. The number of hydrogen-bond acceptors (Lipinski definition) is 4. The maximum Gasteiger partial charge on any atom is 0.252 e. The summed E-state index contributed by atoms with van der Waals surface area (Å²) in [5.41, 5.74) is 1.18. The van der Waals surface area contributed by atoms with Crippen molar-refractivity contribution in [3.05, 3.63) is 48.3 Å². The summed E-state index contributed by atoms with van der Waals surface area (Å²) in [7, 11) is 0. The maximum atomic E-state index is 13.1. The fraction of sp³-hybridized carbons (Fsp3) is 0.450. The molecular weight excluding hydrogens is 378 g/mol. The number of halogens is 1. The van der Waals surface area contributed by atoms with E-state index in [9.17, 15) is 9.59 Å². The van der Waals surface area contributed by atoms with Crippen LogP contribution in [0.1, 0.15) is 31.2 Å². The van der Waals surface area contributed by atoms with Gasteiger partial charge in [0.15, 0.2) is 0 Å². The van der Waals surface area contributed by atoms with Gasteiger partial charge in [0, 0.05) is 37.6 Å². The zero-order valence-electron chi connectivity index (χ0n) is 15.8. The number of aromatic nitrogens is 2. The van der Waals surface area contributed by atoms with Crippen LogP contribution in [0.2, 0.25) is 0 Å². The van der Waals surface area contributed by atoms with Gasteiger partial charge in [-0.2, -0.15) is 5.10 Å². The number of carbonyl (C=O) groups is 2. The molecule has 2 N–H and O–H groups in total. The van der Waals surface area contributed by atoms with Gasteiger partial charge in [-0.3, -0.25) is 14.3 Å². The third-order valence-corrected chi connectivity index (χ3v) is 5.55. The van der Waals surface area contributed by atoms with Crippen molar-refractivity contribution in [2.24, 2.45) is 0 Å². The van der Waals surface area contributed by atoms with E-state index in [0.29, 0.717) is 25.8 Å². The lowest BCUT2D eigenvalue weighted by Crippen LogP contribution is -2.52. The van der Waals surface area contributed by atoms with Gasteiger partial charge in [-0.1, -0.05) is 12.1 Å². The Kier molecular flexibility index (Phi) is 6.36. The lowest BCUT2D eigenvalue weighted by molar-refractivity contribution is -0.128. The van der Waals surface area contributed by atoms with Crippen LogP contribution in [-0.4, -0.2) is 46.1 Å². The van der Waals surface area contributed by atoms with E-state index in [-0.39, 0.29) is 24.2 Å². The molecular formula is C20H26ClN5O2. The number of piperidine rings is 1. The first-order valence-corrected chi connectivity index (χ1v) is 9.56. The van der Waals surface area contributed by atoms with Gasteiger partial charge in [-0.25, -0.2) is 0 Å². The second kappa shape index (κ2) is 8.75. The molecule has 2 amide bonds. The molecule has 150 valence electrons. The average molecular weight is 404 g/mol. The van der Waals surface area contributed by atoms with Crippen LogP contribution in [0.4, 0.5) is 5.69 Å². The molecule has 2 saturated heterocycles. The van der Waals surface area contributed by atoms with Crippen LogP contribution >= 0.6 is 12.4 Å². The number of rotatable bonds is 5. The summed E-state index contributed by atoms with van der Waals surface area (Å²) in [6.45, 7) is 3.04. The van der Waals surface area contributed by atoms with Gasteiger partial charge in [0.2, 0.25) is 5.91 Å². The first-order valence-electron chi connectivity index (χ1n) is 9.56. The van der Waals surface area contributed by atoms with Gasteiger partial charge in [0.1, 0.15) is 5.54 Å². The van der Waals surface area contributed by atoms with Crippen molar-refractivity contribution >= 4 is 29.9 Å². The topological polar surface area (TPSA) is 79.3 Å². The van der Waals surface area contributed by atoms with E-state index >= 15 is 0 Å². The second-order valence-corrected chi connectivity index (χ2v) is 7.30. The van der Waals surface area contributed by atoms with Crippen LogP contribution < -0.4 is 10.6 Å². The average Bonchev–Trinajstić information content (AvgIpc) is 3.37. The summed E-state index contributed by atoms with van der Waals surface area (Å²) in [5, 5.41) is 10.7. The number of amides is 2. The Morgan fingerprint density at radius 2 is 1.96 bits per heavy atom. The Morgan fingerprint density at radius 1 is 1.21 bits per heavy atom. The molecule has 7 nitrogen and oxygen atoms in total. The predicted molar refractivity (Wildman–Crippen MR) is 109 cm³/mol. The third kappa shape index (κ3) is 4.05. The molecule has 3 heterocycles. The number of benzene rings is 1. The number of nitrogens with zero attached hydrogens (tertiary/aromatic N) is 3. The Hall–Kier alpha value is -2.38. The summed E-state index contributed by atoms with van der Waals surface area (Å²) < 4.78 is 1.79.